The lowest BCUT2D eigenvalue weighted by atomic mass is 9.85. The van der Waals surface area contributed by atoms with Crippen molar-refractivity contribution in [2.75, 3.05) is 20.2 Å². The summed E-state index contributed by atoms with van der Waals surface area (Å²) in [6, 6.07) is 2.34. The van der Waals surface area contributed by atoms with E-state index in [-0.39, 0.29) is 0 Å². The molecule has 1 unspecified atom stereocenters. The van der Waals surface area contributed by atoms with Crippen molar-refractivity contribution < 1.29 is 4.74 Å². The minimum atomic E-state index is 0.711. The SMILES string of the molecule is COc1c(C)cc(C2CCCNCC2)c(C)c1C. The lowest BCUT2D eigenvalue weighted by Gasteiger charge is -2.21. The van der Waals surface area contributed by atoms with Crippen LogP contribution in [0.5, 0.6) is 5.75 Å². The molecule has 0 aromatic heterocycles. The van der Waals surface area contributed by atoms with E-state index in [4.69, 9.17) is 4.74 Å². The second-order valence-electron chi connectivity index (χ2n) is 5.44. The fourth-order valence-electron chi connectivity index (χ4n) is 3.16. The fraction of sp³-hybridized carbons (Fsp3) is 0.625. The normalized spacial score (nSPS) is 20.6. The molecule has 18 heavy (non-hydrogen) atoms. The maximum absolute atomic E-state index is 5.51. The van der Waals surface area contributed by atoms with Crippen molar-refractivity contribution in [1.82, 2.24) is 5.32 Å². The van der Waals surface area contributed by atoms with Crippen molar-refractivity contribution in [1.29, 1.82) is 0 Å². The molecule has 1 fully saturated rings. The number of aryl methyl sites for hydroxylation is 1. The molecular formula is C16H25NO. The third kappa shape index (κ3) is 2.54. The van der Waals surface area contributed by atoms with Crippen molar-refractivity contribution in [3.63, 3.8) is 0 Å². The number of ether oxygens (including phenoxy) is 1. The Balaban J connectivity index is 2.38. The summed E-state index contributed by atoms with van der Waals surface area (Å²) < 4.78 is 5.51. The summed E-state index contributed by atoms with van der Waals surface area (Å²) in [5.41, 5.74) is 5.54. The molecule has 1 saturated heterocycles. The van der Waals surface area contributed by atoms with Gasteiger partial charge in [-0.3, -0.25) is 0 Å². The second kappa shape index (κ2) is 5.75. The highest BCUT2D eigenvalue weighted by Gasteiger charge is 2.19. The first kappa shape index (κ1) is 13.4. The Bertz CT molecular complexity index is 418. The van der Waals surface area contributed by atoms with Crippen LogP contribution >= 0.6 is 0 Å². The molecular weight excluding hydrogens is 222 g/mol. The Labute approximate surface area is 111 Å². The van der Waals surface area contributed by atoms with Gasteiger partial charge < -0.3 is 10.1 Å². The van der Waals surface area contributed by atoms with Gasteiger partial charge in [0.1, 0.15) is 5.75 Å². The Morgan fingerprint density at radius 2 is 1.89 bits per heavy atom. The highest BCUT2D eigenvalue weighted by atomic mass is 16.5. The molecule has 1 aliphatic heterocycles. The molecule has 0 bridgehead atoms. The molecule has 0 amide bonds. The summed E-state index contributed by atoms with van der Waals surface area (Å²) in [6.07, 6.45) is 3.85. The van der Waals surface area contributed by atoms with Gasteiger partial charge in [0.25, 0.3) is 0 Å². The van der Waals surface area contributed by atoms with Crippen molar-refractivity contribution in [3.05, 3.63) is 28.3 Å². The summed E-state index contributed by atoms with van der Waals surface area (Å²) >= 11 is 0. The fourth-order valence-corrected chi connectivity index (χ4v) is 3.16. The van der Waals surface area contributed by atoms with Gasteiger partial charge in [0, 0.05) is 0 Å². The zero-order valence-electron chi connectivity index (χ0n) is 12.1. The summed E-state index contributed by atoms with van der Waals surface area (Å²) in [5, 5.41) is 3.49. The third-order valence-electron chi connectivity index (χ3n) is 4.29. The number of hydrogen-bond donors (Lipinski definition) is 1. The zero-order chi connectivity index (χ0) is 13.1. The average Bonchev–Trinajstić information content (AvgIpc) is 2.63. The molecule has 1 atom stereocenters. The number of benzene rings is 1. The number of nitrogens with one attached hydrogen (secondary N) is 1. The monoisotopic (exact) mass is 247 g/mol. The van der Waals surface area contributed by atoms with Gasteiger partial charge in [-0.15, -0.1) is 0 Å². The number of rotatable bonds is 2. The first-order valence-corrected chi connectivity index (χ1v) is 7.00. The molecule has 100 valence electrons. The lowest BCUT2D eigenvalue weighted by Crippen LogP contribution is -2.14. The molecule has 1 aliphatic rings. The minimum Gasteiger partial charge on any atom is -0.496 e. The molecule has 1 aromatic rings. The van der Waals surface area contributed by atoms with Gasteiger partial charge in [-0.2, -0.15) is 0 Å². The van der Waals surface area contributed by atoms with Crippen LogP contribution in [0.4, 0.5) is 0 Å². The van der Waals surface area contributed by atoms with Gasteiger partial charge in [-0.25, -0.2) is 0 Å². The Hall–Kier alpha value is -1.02. The van der Waals surface area contributed by atoms with Crippen LogP contribution in [0.3, 0.4) is 0 Å². The molecule has 0 spiro atoms. The van der Waals surface area contributed by atoms with Crippen molar-refractivity contribution in [2.24, 2.45) is 0 Å². The average molecular weight is 247 g/mol. The first-order valence-electron chi connectivity index (χ1n) is 7.00. The largest absolute Gasteiger partial charge is 0.496 e. The first-order chi connectivity index (χ1) is 8.65. The van der Waals surface area contributed by atoms with E-state index in [1.54, 1.807) is 7.11 Å². The van der Waals surface area contributed by atoms with Crippen LogP contribution in [-0.2, 0) is 0 Å². The van der Waals surface area contributed by atoms with Gasteiger partial charge in [-0.05, 0) is 81.3 Å². The van der Waals surface area contributed by atoms with Gasteiger partial charge in [0.15, 0.2) is 0 Å². The smallest absolute Gasteiger partial charge is 0.124 e. The molecule has 2 heteroatoms. The molecule has 0 radical (unpaired) electrons. The summed E-state index contributed by atoms with van der Waals surface area (Å²) in [5.74, 6) is 1.77. The molecule has 1 heterocycles. The van der Waals surface area contributed by atoms with Crippen LogP contribution in [-0.4, -0.2) is 20.2 Å². The number of hydrogen-bond acceptors (Lipinski definition) is 2. The summed E-state index contributed by atoms with van der Waals surface area (Å²) in [7, 11) is 1.77. The van der Waals surface area contributed by atoms with E-state index in [0.717, 1.165) is 12.3 Å². The quantitative estimate of drug-likeness (QED) is 0.864. The Morgan fingerprint density at radius 1 is 1.11 bits per heavy atom. The van der Waals surface area contributed by atoms with E-state index >= 15 is 0 Å². The summed E-state index contributed by atoms with van der Waals surface area (Å²) in [4.78, 5) is 0. The molecule has 2 nitrogen and oxygen atoms in total. The Morgan fingerprint density at radius 3 is 2.61 bits per heavy atom. The van der Waals surface area contributed by atoms with Crippen LogP contribution in [0.15, 0.2) is 6.07 Å². The lowest BCUT2D eigenvalue weighted by molar-refractivity contribution is 0.407. The maximum Gasteiger partial charge on any atom is 0.124 e. The summed E-state index contributed by atoms with van der Waals surface area (Å²) in [6.45, 7) is 8.90. The van der Waals surface area contributed by atoms with Gasteiger partial charge >= 0.3 is 0 Å². The minimum absolute atomic E-state index is 0.711. The zero-order valence-corrected chi connectivity index (χ0v) is 12.1. The topological polar surface area (TPSA) is 21.3 Å². The van der Waals surface area contributed by atoms with E-state index in [1.165, 1.54) is 48.1 Å². The van der Waals surface area contributed by atoms with Gasteiger partial charge in [0.2, 0.25) is 0 Å². The highest BCUT2D eigenvalue weighted by Crippen LogP contribution is 2.35. The van der Waals surface area contributed by atoms with Gasteiger partial charge in [-0.1, -0.05) is 6.07 Å². The van der Waals surface area contributed by atoms with Crippen LogP contribution in [0.1, 0.15) is 47.4 Å². The maximum atomic E-state index is 5.51. The van der Waals surface area contributed by atoms with Crippen LogP contribution in [0, 0.1) is 20.8 Å². The van der Waals surface area contributed by atoms with Crippen molar-refractivity contribution in [2.45, 2.75) is 46.0 Å². The number of methoxy groups -OCH3 is 1. The van der Waals surface area contributed by atoms with Crippen molar-refractivity contribution in [3.8, 4) is 5.75 Å². The van der Waals surface area contributed by atoms with E-state index in [9.17, 15) is 0 Å². The van der Waals surface area contributed by atoms with Crippen molar-refractivity contribution >= 4 is 0 Å². The third-order valence-corrected chi connectivity index (χ3v) is 4.29. The van der Waals surface area contributed by atoms with Gasteiger partial charge in [0.05, 0.1) is 7.11 Å². The van der Waals surface area contributed by atoms with E-state index in [1.807, 2.05) is 0 Å². The molecule has 1 aromatic carbocycles. The van der Waals surface area contributed by atoms with E-state index < -0.39 is 0 Å². The van der Waals surface area contributed by atoms with Crippen LogP contribution in [0.25, 0.3) is 0 Å². The molecule has 0 saturated carbocycles. The van der Waals surface area contributed by atoms with Crippen LogP contribution < -0.4 is 10.1 Å². The second-order valence-corrected chi connectivity index (χ2v) is 5.44. The van der Waals surface area contributed by atoms with Crippen LogP contribution in [0.2, 0.25) is 0 Å². The Kier molecular flexibility index (Phi) is 4.28. The standard InChI is InChI=1S/C16H25NO/c1-11-10-15(12(2)13(3)16(11)18-4)14-6-5-8-17-9-7-14/h10,14,17H,5-9H2,1-4H3. The molecule has 1 N–H and O–H groups in total. The molecule has 2 rings (SSSR count). The highest BCUT2D eigenvalue weighted by molar-refractivity contribution is 5.50. The predicted molar refractivity (Wildman–Crippen MR) is 76.7 cm³/mol. The van der Waals surface area contributed by atoms with E-state index in [2.05, 4.69) is 32.2 Å². The predicted octanol–water partition coefficient (Wildman–Crippen LogP) is 3.48. The molecule has 0 aliphatic carbocycles. The van der Waals surface area contributed by atoms with E-state index in [0.29, 0.717) is 5.92 Å².